The first-order valence-corrected chi connectivity index (χ1v) is 4.53. The van der Waals surface area contributed by atoms with E-state index in [1.54, 1.807) is 14.2 Å². The molecule has 0 radical (unpaired) electrons. The fourth-order valence-electron chi connectivity index (χ4n) is 1.90. The van der Waals surface area contributed by atoms with Crippen LogP contribution in [0.15, 0.2) is 0 Å². The van der Waals surface area contributed by atoms with Crippen LogP contribution in [0.2, 0.25) is 0 Å². The molecule has 12 heavy (non-hydrogen) atoms. The maximum absolute atomic E-state index is 9.64. The van der Waals surface area contributed by atoms with Gasteiger partial charge in [0.1, 0.15) is 0 Å². The van der Waals surface area contributed by atoms with E-state index in [1.165, 1.54) is 6.42 Å². The van der Waals surface area contributed by atoms with Crippen molar-refractivity contribution >= 4 is 0 Å². The SMILES string of the molecule is COC(OC)[C@@H]1CCCC[C@H]1O. The molecule has 1 rings (SSSR count). The van der Waals surface area contributed by atoms with E-state index < -0.39 is 0 Å². The monoisotopic (exact) mass is 174 g/mol. The van der Waals surface area contributed by atoms with E-state index in [1.807, 2.05) is 0 Å². The molecule has 1 fully saturated rings. The molecule has 0 aliphatic heterocycles. The number of rotatable bonds is 3. The Morgan fingerprint density at radius 1 is 1.17 bits per heavy atom. The number of ether oxygens (including phenoxy) is 2. The van der Waals surface area contributed by atoms with Gasteiger partial charge in [0.15, 0.2) is 6.29 Å². The van der Waals surface area contributed by atoms with Crippen molar-refractivity contribution in [3.63, 3.8) is 0 Å². The van der Waals surface area contributed by atoms with Crippen LogP contribution in [0.1, 0.15) is 25.7 Å². The molecule has 1 aliphatic rings. The molecule has 0 spiro atoms. The molecule has 72 valence electrons. The molecule has 0 saturated heterocycles. The predicted molar refractivity (Wildman–Crippen MR) is 45.8 cm³/mol. The van der Waals surface area contributed by atoms with Gasteiger partial charge in [-0.1, -0.05) is 12.8 Å². The minimum absolute atomic E-state index is 0.161. The van der Waals surface area contributed by atoms with Gasteiger partial charge < -0.3 is 14.6 Å². The number of methoxy groups -OCH3 is 2. The summed E-state index contributed by atoms with van der Waals surface area (Å²) < 4.78 is 10.3. The highest BCUT2D eigenvalue weighted by Gasteiger charge is 2.30. The number of hydrogen-bond donors (Lipinski definition) is 1. The molecule has 1 aliphatic carbocycles. The molecule has 0 amide bonds. The standard InChI is InChI=1S/C9H18O3/c1-11-9(12-2)7-5-3-4-6-8(7)10/h7-10H,3-6H2,1-2H3/t7-,8-/m1/s1. The quantitative estimate of drug-likeness (QED) is 0.652. The van der Waals surface area contributed by atoms with Crippen LogP contribution in [0.5, 0.6) is 0 Å². The zero-order valence-corrected chi connectivity index (χ0v) is 7.82. The number of aliphatic hydroxyl groups excluding tert-OH is 1. The maximum atomic E-state index is 9.64. The van der Waals surface area contributed by atoms with Gasteiger partial charge >= 0.3 is 0 Å². The second kappa shape index (κ2) is 4.80. The van der Waals surface area contributed by atoms with Crippen molar-refractivity contribution in [3.8, 4) is 0 Å². The van der Waals surface area contributed by atoms with Crippen LogP contribution in [-0.4, -0.2) is 31.7 Å². The zero-order chi connectivity index (χ0) is 8.97. The minimum Gasteiger partial charge on any atom is -0.393 e. The van der Waals surface area contributed by atoms with Crippen LogP contribution in [0.25, 0.3) is 0 Å². The summed E-state index contributed by atoms with van der Waals surface area (Å²) >= 11 is 0. The van der Waals surface area contributed by atoms with Gasteiger partial charge in [-0.15, -0.1) is 0 Å². The Balaban J connectivity index is 2.45. The highest BCUT2D eigenvalue weighted by atomic mass is 16.7. The molecule has 0 aromatic carbocycles. The normalized spacial score (nSPS) is 31.0. The fourth-order valence-corrected chi connectivity index (χ4v) is 1.90. The topological polar surface area (TPSA) is 38.7 Å². The van der Waals surface area contributed by atoms with Crippen molar-refractivity contribution in [1.82, 2.24) is 0 Å². The number of aliphatic hydroxyl groups is 1. The van der Waals surface area contributed by atoms with Crippen molar-refractivity contribution in [3.05, 3.63) is 0 Å². The van der Waals surface area contributed by atoms with E-state index in [9.17, 15) is 5.11 Å². The van der Waals surface area contributed by atoms with Gasteiger partial charge in [0, 0.05) is 20.1 Å². The Hall–Kier alpha value is -0.120. The summed E-state index contributed by atoms with van der Waals surface area (Å²) in [5.74, 6) is 0.161. The van der Waals surface area contributed by atoms with Gasteiger partial charge in [0.05, 0.1) is 6.10 Å². The molecular weight excluding hydrogens is 156 g/mol. The van der Waals surface area contributed by atoms with Gasteiger partial charge in [-0.2, -0.15) is 0 Å². The lowest BCUT2D eigenvalue weighted by Gasteiger charge is -2.32. The molecule has 0 unspecified atom stereocenters. The van der Waals surface area contributed by atoms with Crippen molar-refractivity contribution in [2.75, 3.05) is 14.2 Å². The van der Waals surface area contributed by atoms with Crippen LogP contribution in [0.4, 0.5) is 0 Å². The second-order valence-electron chi connectivity index (χ2n) is 3.36. The molecule has 0 aromatic rings. The van der Waals surface area contributed by atoms with Crippen LogP contribution in [-0.2, 0) is 9.47 Å². The van der Waals surface area contributed by atoms with E-state index in [4.69, 9.17) is 9.47 Å². The van der Waals surface area contributed by atoms with E-state index in [-0.39, 0.29) is 18.3 Å². The molecule has 0 aromatic heterocycles. The van der Waals surface area contributed by atoms with Gasteiger partial charge in [-0.05, 0) is 12.8 Å². The fraction of sp³-hybridized carbons (Fsp3) is 1.00. The Bertz CT molecular complexity index is 123. The first kappa shape index (κ1) is 9.96. The molecule has 0 bridgehead atoms. The molecule has 2 atom stereocenters. The molecule has 0 heterocycles. The smallest absolute Gasteiger partial charge is 0.162 e. The predicted octanol–water partition coefficient (Wildman–Crippen LogP) is 1.16. The average molecular weight is 174 g/mol. The van der Waals surface area contributed by atoms with Gasteiger partial charge in [-0.25, -0.2) is 0 Å². The van der Waals surface area contributed by atoms with E-state index in [2.05, 4.69) is 0 Å². The summed E-state index contributed by atoms with van der Waals surface area (Å²) in [6.07, 6.45) is 3.70. The van der Waals surface area contributed by atoms with Gasteiger partial charge in [0.25, 0.3) is 0 Å². The molecule has 3 nitrogen and oxygen atoms in total. The Morgan fingerprint density at radius 2 is 1.75 bits per heavy atom. The largest absolute Gasteiger partial charge is 0.393 e. The average Bonchev–Trinajstić information content (AvgIpc) is 2.10. The summed E-state index contributed by atoms with van der Waals surface area (Å²) in [4.78, 5) is 0. The highest BCUT2D eigenvalue weighted by molar-refractivity contribution is 4.76. The van der Waals surface area contributed by atoms with Crippen LogP contribution in [0.3, 0.4) is 0 Å². The van der Waals surface area contributed by atoms with E-state index in [0.717, 1.165) is 19.3 Å². The first-order chi connectivity index (χ1) is 5.79. The Labute approximate surface area is 73.7 Å². The van der Waals surface area contributed by atoms with Crippen molar-refractivity contribution in [1.29, 1.82) is 0 Å². The summed E-state index contributed by atoms with van der Waals surface area (Å²) in [5, 5.41) is 9.64. The summed E-state index contributed by atoms with van der Waals surface area (Å²) in [6.45, 7) is 0. The molecule has 1 N–H and O–H groups in total. The van der Waals surface area contributed by atoms with E-state index in [0.29, 0.717) is 0 Å². The van der Waals surface area contributed by atoms with Gasteiger partial charge in [0.2, 0.25) is 0 Å². The summed E-state index contributed by atoms with van der Waals surface area (Å²) in [7, 11) is 3.24. The third-order valence-corrected chi connectivity index (χ3v) is 2.60. The Kier molecular flexibility index (Phi) is 3.98. The minimum atomic E-state index is -0.247. The summed E-state index contributed by atoms with van der Waals surface area (Å²) in [6, 6.07) is 0. The molecule has 3 heteroatoms. The third kappa shape index (κ3) is 2.19. The van der Waals surface area contributed by atoms with Crippen molar-refractivity contribution in [2.45, 2.75) is 38.1 Å². The van der Waals surface area contributed by atoms with Gasteiger partial charge in [-0.3, -0.25) is 0 Å². The van der Waals surface area contributed by atoms with E-state index >= 15 is 0 Å². The van der Waals surface area contributed by atoms with Crippen LogP contribution >= 0.6 is 0 Å². The zero-order valence-electron chi connectivity index (χ0n) is 7.82. The van der Waals surface area contributed by atoms with Crippen molar-refractivity contribution in [2.24, 2.45) is 5.92 Å². The summed E-state index contributed by atoms with van der Waals surface area (Å²) in [5.41, 5.74) is 0. The second-order valence-corrected chi connectivity index (χ2v) is 3.36. The first-order valence-electron chi connectivity index (χ1n) is 4.53. The molecular formula is C9H18O3. The number of hydrogen-bond acceptors (Lipinski definition) is 3. The van der Waals surface area contributed by atoms with Crippen molar-refractivity contribution < 1.29 is 14.6 Å². The third-order valence-electron chi connectivity index (χ3n) is 2.60. The van der Waals surface area contributed by atoms with Crippen LogP contribution in [0, 0.1) is 5.92 Å². The highest BCUT2D eigenvalue weighted by Crippen LogP contribution is 2.28. The molecule has 1 saturated carbocycles. The Morgan fingerprint density at radius 3 is 2.25 bits per heavy atom. The lowest BCUT2D eigenvalue weighted by Crippen LogP contribution is -2.36. The van der Waals surface area contributed by atoms with Crippen LogP contribution < -0.4 is 0 Å². The lowest BCUT2D eigenvalue weighted by molar-refractivity contribution is -0.168. The maximum Gasteiger partial charge on any atom is 0.162 e. The lowest BCUT2D eigenvalue weighted by atomic mass is 9.86.